The Kier molecular flexibility index (Phi) is 4.96. The van der Waals surface area contributed by atoms with Crippen LogP contribution in [-0.4, -0.2) is 12.5 Å². The largest absolute Gasteiger partial charge is 0.482 e. The molecule has 1 N–H and O–H groups in total. The molecule has 110 valence electrons. The number of hydrogen-bond acceptors (Lipinski definition) is 2. The number of halogens is 2. The predicted molar refractivity (Wildman–Crippen MR) is 84.1 cm³/mol. The molecule has 2 aromatic rings. The maximum absolute atomic E-state index is 13.4. The Labute approximate surface area is 131 Å². The quantitative estimate of drug-likeness (QED) is 0.895. The number of carbonyl (C=O) groups is 1. The Bertz CT molecular complexity index is 650. The molecule has 21 heavy (non-hydrogen) atoms. The van der Waals surface area contributed by atoms with Gasteiger partial charge in [-0.3, -0.25) is 4.79 Å². The average Bonchev–Trinajstić information content (AvgIpc) is 2.40. The molecule has 3 nitrogen and oxygen atoms in total. The van der Waals surface area contributed by atoms with Gasteiger partial charge in [0.15, 0.2) is 6.61 Å². The molecule has 0 atom stereocenters. The van der Waals surface area contributed by atoms with E-state index >= 15 is 0 Å². The minimum Gasteiger partial charge on any atom is -0.482 e. The molecule has 0 aliphatic heterocycles. The zero-order chi connectivity index (χ0) is 15.4. The number of nitrogens with one attached hydrogen (secondary N) is 1. The topological polar surface area (TPSA) is 38.3 Å². The molecule has 0 saturated heterocycles. The van der Waals surface area contributed by atoms with Gasteiger partial charge in [-0.15, -0.1) is 0 Å². The molecule has 0 bridgehead atoms. The summed E-state index contributed by atoms with van der Waals surface area (Å²) in [5.41, 5.74) is 2.17. The van der Waals surface area contributed by atoms with Crippen LogP contribution in [0.5, 0.6) is 5.75 Å². The minimum absolute atomic E-state index is 0.144. The average molecular weight is 352 g/mol. The molecule has 0 heterocycles. The lowest BCUT2D eigenvalue weighted by atomic mass is 10.1. The molecular formula is C16H15BrFNO2. The Morgan fingerprint density at radius 1 is 1.29 bits per heavy atom. The first-order chi connectivity index (χ1) is 9.97. The third-order valence-electron chi connectivity index (χ3n) is 2.87. The summed E-state index contributed by atoms with van der Waals surface area (Å²) in [6.45, 7) is 3.70. The molecule has 0 saturated carbocycles. The number of para-hydroxylation sites is 1. The van der Waals surface area contributed by atoms with Gasteiger partial charge in [0.1, 0.15) is 11.6 Å². The summed E-state index contributed by atoms with van der Waals surface area (Å²) in [7, 11) is 0. The van der Waals surface area contributed by atoms with Crippen molar-refractivity contribution in [3.63, 3.8) is 0 Å². The first-order valence-electron chi connectivity index (χ1n) is 6.41. The van der Waals surface area contributed by atoms with Crippen molar-refractivity contribution in [1.82, 2.24) is 0 Å². The number of ether oxygens (including phenoxy) is 1. The summed E-state index contributed by atoms with van der Waals surface area (Å²) >= 11 is 3.41. The van der Waals surface area contributed by atoms with Crippen molar-refractivity contribution in [3.05, 3.63) is 57.8 Å². The van der Waals surface area contributed by atoms with Gasteiger partial charge in [-0.1, -0.05) is 18.2 Å². The fraction of sp³-hybridized carbons (Fsp3) is 0.188. The molecular weight excluding hydrogens is 337 g/mol. The van der Waals surface area contributed by atoms with E-state index in [1.54, 1.807) is 12.1 Å². The fourth-order valence-corrected chi connectivity index (χ4v) is 2.76. The van der Waals surface area contributed by atoms with Crippen molar-refractivity contribution in [2.24, 2.45) is 0 Å². The van der Waals surface area contributed by atoms with Crippen LogP contribution in [0.4, 0.5) is 10.1 Å². The highest BCUT2D eigenvalue weighted by molar-refractivity contribution is 9.10. The third-order valence-corrected chi connectivity index (χ3v) is 3.46. The molecule has 2 aromatic carbocycles. The summed E-state index contributed by atoms with van der Waals surface area (Å²) in [5.74, 6) is -0.269. The van der Waals surface area contributed by atoms with Crippen LogP contribution in [0.3, 0.4) is 0 Å². The molecule has 2 rings (SSSR count). The van der Waals surface area contributed by atoms with E-state index in [4.69, 9.17) is 4.74 Å². The highest BCUT2D eigenvalue weighted by Gasteiger charge is 2.10. The molecule has 1 amide bonds. The summed E-state index contributed by atoms with van der Waals surface area (Å²) in [4.78, 5) is 11.8. The lowest BCUT2D eigenvalue weighted by molar-refractivity contribution is -0.118. The second kappa shape index (κ2) is 6.72. The second-order valence-corrected chi connectivity index (χ2v) is 5.56. The molecule has 0 aliphatic carbocycles. The summed E-state index contributed by atoms with van der Waals surface area (Å²) < 4.78 is 19.7. The van der Waals surface area contributed by atoms with Crippen LogP contribution < -0.4 is 10.1 Å². The third kappa shape index (κ3) is 4.04. The fourth-order valence-electron chi connectivity index (χ4n) is 1.97. The van der Waals surface area contributed by atoms with Crippen LogP contribution in [0.15, 0.2) is 40.9 Å². The normalized spacial score (nSPS) is 10.3. The lowest BCUT2D eigenvalue weighted by Crippen LogP contribution is -2.21. The Hall–Kier alpha value is -1.88. The maximum atomic E-state index is 13.4. The Morgan fingerprint density at radius 2 is 2.00 bits per heavy atom. The van der Waals surface area contributed by atoms with Crippen molar-refractivity contribution < 1.29 is 13.9 Å². The highest BCUT2D eigenvalue weighted by atomic mass is 79.9. The van der Waals surface area contributed by atoms with E-state index in [0.717, 1.165) is 15.6 Å². The standard InChI is InChI=1S/C16H15BrFNO2/c1-10-7-11(2)16(12(17)8-10)21-9-15(20)19-14-6-4-3-5-13(14)18/h3-8H,9H2,1-2H3,(H,19,20). The van der Waals surface area contributed by atoms with Crippen LogP contribution in [-0.2, 0) is 4.79 Å². The zero-order valence-electron chi connectivity index (χ0n) is 11.7. The number of hydrogen-bond donors (Lipinski definition) is 1. The predicted octanol–water partition coefficient (Wildman–Crippen LogP) is 4.22. The van der Waals surface area contributed by atoms with Crippen molar-refractivity contribution >= 4 is 27.5 Å². The number of anilines is 1. The zero-order valence-corrected chi connectivity index (χ0v) is 13.3. The van der Waals surface area contributed by atoms with Gasteiger partial charge in [-0.2, -0.15) is 0 Å². The number of aryl methyl sites for hydroxylation is 2. The number of rotatable bonds is 4. The van der Waals surface area contributed by atoms with Gasteiger partial charge >= 0.3 is 0 Å². The minimum atomic E-state index is -0.474. The van der Waals surface area contributed by atoms with E-state index < -0.39 is 11.7 Å². The molecule has 0 unspecified atom stereocenters. The number of carbonyl (C=O) groups excluding carboxylic acids is 1. The summed E-state index contributed by atoms with van der Waals surface area (Å²) in [6, 6.07) is 9.89. The highest BCUT2D eigenvalue weighted by Crippen LogP contribution is 2.30. The van der Waals surface area contributed by atoms with E-state index in [1.807, 2.05) is 26.0 Å². The number of amides is 1. The van der Waals surface area contributed by atoms with Crippen molar-refractivity contribution in [1.29, 1.82) is 0 Å². The van der Waals surface area contributed by atoms with Gasteiger partial charge in [-0.25, -0.2) is 4.39 Å². The van der Waals surface area contributed by atoms with Gasteiger partial charge < -0.3 is 10.1 Å². The second-order valence-electron chi connectivity index (χ2n) is 4.71. The van der Waals surface area contributed by atoms with Gasteiger partial charge in [0.2, 0.25) is 0 Å². The summed E-state index contributed by atoms with van der Waals surface area (Å²) in [5, 5.41) is 2.48. The van der Waals surface area contributed by atoms with E-state index in [-0.39, 0.29) is 12.3 Å². The lowest BCUT2D eigenvalue weighted by Gasteiger charge is -2.12. The first kappa shape index (κ1) is 15.5. The molecule has 0 radical (unpaired) electrons. The SMILES string of the molecule is Cc1cc(C)c(OCC(=O)Nc2ccccc2F)c(Br)c1. The maximum Gasteiger partial charge on any atom is 0.262 e. The Balaban J connectivity index is 2.01. The van der Waals surface area contributed by atoms with Crippen LogP contribution in [0.2, 0.25) is 0 Å². The first-order valence-corrected chi connectivity index (χ1v) is 7.20. The summed E-state index contributed by atoms with van der Waals surface area (Å²) in [6.07, 6.45) is 0. The van der Waals surface area contributed by atoms with Crippen molar-refractivity contribution in [2.75, 3.05) is 11.9 Å². The van der Waals surface area contributed by atoms with Crippen molar-refractivity contribution in [2.45, 2.75) is 13.8 Å². The van der Waals surface area contributed by atoms with Crippen LogP contribution in [0.25, 0.3) is 0 Å². The van der Waals surface area contributed by atoms with E-state index in [2.05, 4.69) is 21.2 Å². The number of benzene rings is 2. The smallest absolute Gasteiger partial charge is 0.262 e. The molecule has 0 aromatic heterocycles. The molecule has 0 aliphatic rings. The molecule has 0 spiro atoms. The Morgan fingerprint density at radius 3 is 2.67 bits per heavy atom. The van der Waals surface area contributed by atoms with Crippen molar-refractivity contribution in [3.8, 4) is 5.75 Å². The van der Waals surface area contributed by atoms with E-state index in [1.165, 1.54) is 12.1 Å². The van der Waals surface area contributed by atoms with Crippen LogP contribution in [0, 0.1) is 19.7 Å². The van der Waals surface area contributed by atoms with Gasteiger partial charge in [0.25, 0.3) is 5.91 Å². The van der Waals surface area contributed by atoms with Gasteiger partial charge in [-0.05, 0) is 59.1 Å². The van der Waals surface area contributed by atoms with E-state index in [0.29, 0.717) is 5.75 Å². The molecule has 0 fully saturated rings. The van der Waals surface area contributed by atoms with Crippen LogP contribution >= 0.6 is 15.9 Å². The van der Waals surface area contributed by atoms with Gasteiger partial charge in [0, 0.05) is 0 Å². The van der Waals surface area contributed by atoms with Crippen LogP contribution in [0.1, 0.15) is 11.1 Å². The van der Waals surface area contributed by atoms with E-state index in [9.17, 15) is 9.18 Å². The van der Waals surface area contributed by atoms with Gasteiger partial charge in [0.05, 0.1) is 10.2 Å². The molecule has 5 heteroatoms. The monoisotopic (exact) mass is 351 g/mol.